The molecule has 2 amide bonds. The number of phenolic OH excluding ortho intramolecular Hbond substituents is 1. The lowest BCUT2D eigenvalue weighted by Gasteiger charge is -2.25. The molecule has 32 heavy (non-hydrogen) atoms. The van der Waals surface area contributed by atoms with E-state index in [9.17, 15) is 23.5 Å². The van der Waals surface area contributed by atoms with E-state index in [0.717, 1.165) is 0 Å². The Bertz CT molecular complexity index is 1100. The van der Waals surface area contributed by atoms with Crippen LogP contribution in [0.1, 0.15) is 11.6 Å². The molecule has 1 aliphatic heterocycles. The molecule has 0 saturated carbocycles. The summed E-state index contributed by atoms with van der Waals surface area (Å²) < 4.78 is 37.1. The summed E-state index contributed by atoms with van der Waals surface area (Å²) in [5, 5.41) is 12.1. The lowest BCUT2D eigenvalue weighted by molar-refractivity contribution is 0.0684. The number of cyclic esters (lactones) is 1. The molecule has 1 aliphatic rings. The van der Waals surface area contributed by atoms with Gasteiger partial charge in [-0.15, -0.1) is 0 Å². The molecule has 9 heteroatoms. The number of nitrogens with zero attached hydrogens (tertiary/aromatic N) is 1. The molecular formula is C23H18F2N2O5. The van der Waals surface area contributed by atoms with E-state index in [1.807, 2.05) is 0 Å². The van der Waals surface area contributed by atoms with Crippen LogP contribution in [0.2, 0.25) is 0 Å². The van der Waals surface area contributed by atoms with Gasteiger partial charge in [-0.1, -0.05) is 12.1 Å². The zero-order valence-corrected chi connectivity index (χ0v) is 16.6. The number of nitrogens with one attached hydrogen (secondary N) is 1. The molecule has 7 nitrogen and oxygen atoms in total. The fourth-order valence-electron chi connectivity index (χ4n) is 3.40. The monoisotopic (exact) mass is 440 g/mol. The average molecular weight is 440 g/mol. The lowest BCUT2D eigenvalue weighted by Crippen LogP contribution is -2.32. The quantitative estimate of drug-likeness (QED) is 0.584. The lowest BCUT2D eigenvalue weighted by atomic mass is 10.0. The van der Waals surface area contributed by atoms with Crippen LogP contribution in [0, 0.1) is 11.6 Å². The van der Waals surface area contributed by atoms with Crippen LogP contribution < -0.4 is 10.2 Å². The van der Waals surface area contributed by atoms with Crippen molar-refractivity contribution in [1.82, 2.24) is 0 Å². The number of benzene rings is 3. The van der Waals surface area contributed by atoms with Crippen molar-refractivity contribution < 1.29 is 33.0 Å². The molecule has 1 fully saturated rings. The highest BCUT2D eigenvalue weighted by Crippen LogP contribution is 2.38. The van der Waals surface area contributed by atoms with Crippen LogP contribution in [0.25, 0.3) is 0 Å². The Morgan fingerprint density at radius 1 is 0.969 bits per heavy atom. The largest absolute Gasteiger partial charge is 0.508 e. The molecule has 2 N–H and O–H groups in total. The van der Waals surface area contributed by atoms with Gasteiger partial charge in [-0.2, -0.15) is 0 Å². The van der Waals surface area contributed by atoms with Gasteiger partial charge in [-0.3, -0.25) is 10.2 Å². The molecular weight excluding hydrogens is 422 g/mol. The summed E-state index contributed by atoms with van der Waals surface area (Å²) in [6.45, 7) is -0.276. The predicted molar refractivity (Wildman–Crippen MR) is 111 cm³/mol. The number of hydrogen-bond donors (Lipinski definition) is 2. The highest BCUT2D eigenvalue weighted by molar-refractivity contribution is 5.91. The Labute approximate surface area is 181 Å². The van der Waals surface area contributed by atoms with Gasteiger partial charge in [0.05, 0.1) is 0 Å². The van der Waals surface area contributed by atoms with Crippen molar-refractivity contribution in [3.05, 3.63) is 90.0 Å². The first-order valence-corrected chi connectivity index (χ1v) is 9.64. The van der Waals surface area contributed by atoms with Gasteiger partial charge in [0, 0.05) is 11.4 Å². The van der Waals surface area contributed by atoms with E-state index in [-0.39, 0.29) is 12.4 Å². The minimum Gasteiger partial charge on any atom is -0.508 e. The Morgan fingerprint density at radius 2 is 1.56 bits per heavy atom. The number of ether oxygens (including phenoxy) is 2. The number of anilines is 2. The van der Waals surface area contributed by atoms with Gasteiger partial charge in [0.1, 0.15) is 30.0 Å². The van der Waals surface area contributed by atoms with Crippen molar-refractivity contribution in [3.8, 4) is 5.75 Å². The minimum atomic E-state index is -0.879. The molecule has 0 spiro atoms. The molecule has 1 saturated heterocycles. The van der Waals surface area contributed by atoms with Crippen LogP contribution in [0.15, 0.2) is 72.8 Å². The van der Waals surface area contributed by atoms with Crippen molar-refractivity contribution >= 4 is 23.6 Å². The maximum atomic E-state index is 13.4. The van der Waals surface area contributed by atoms with Gasteiger partial charge in [-0.05, 0) is 66.2 Å². The fourth-order valence-corrected chi connectivity index (χ4v) is 3.40. The normalized spacial score (nSPS) is 17.7. The van der Waals surface area contributed by atoms with E-state index in [1.165, 1.54) is 65.6 Å². The number of hydrogen-bond acceptors (Lipinski definition) is 5. The third-order valence-corrected chi connectivity index (χ3v) is 4.89. The molecule has 4 rings (SSSR count). The summed E-state index contributed by atoms with van der Waals surface area (Å²) in [5.74, 6) is -0.863. The first-order chi connectivity index (χ1) is 15.4. The van der Waals surface area contributed by atoms with Crippen molar-refractivity contribution in [3.63, 3.8) is 0 Å². The number of carbonyl (C=O) groups is 2. The van der Waals surface area contributed by atoms with Crippen LogP contribution in [0.3, 0.4) is 0 Å². The maximum Gasteiger partial charge on any atom is 0.415 e. The summed E-state index contributed by atoms with van der Waals surface area (Å²) in [7, 11) is 0. The van der Waals surface area contributed by atoms with Crippen LogP contribution in [0.5, 0.6) is 5.75 Å². The molecule has 0 bridgehead atoms. The molecule has 2 atom stereocenters. The molecule has 0 aromatic heterocycles. The second-order valence-electron chi connectivity index (χ2n) is 7.04. The first kappa shape index (κ1) is 21.1. The Kier molecular flexibility index (Phi) is 5.89. The number of aromatic hydroxyl groups is 1. The van der Waals surface area contributed by atoms with E-state index in [1.54, 1.807) is 12.1 Å². The fraction of sp³-hybridized carbons (Fsp3) is 0.130. The van der Waals surface area contributed by atoms with Crippen molar-refractivity contribution in [2.45, 2.75) is 12.1 Å². The Morgan fingerprint density at radius 3 is 2.19 bits per heavy atom. The van der Waals surface area contributed by atoms with Gasteiger partial charge in [-0.25, -0.2) is 18.4 Å². The number of amides is 2. The molecule has 3 aromatic rings. The Balaban J connectivity index is 1.53. The van der Waals surface area contributed by atoms with E-state index in [4.69, 9.17) is 9.47 Å². The van der Waals surface area contributed by atoms with E-state index >= 15 is 0 Å². The second kappa shape index (κ2) is 8.93. The minimum absolute atomic E-state index is 0.0406. The highest BCUT2D eigenvalue weighted by atomic mass is 19.1. The zero-order valence-electron chi connectivity index (χ0n) is 16.6. The predicted octanol–water partition coefficient (Wildman–Crippen LogP) is 4.99. The highest BCUT2D eigenvalue weighted by Gasteiger charge is 2.44. The average Bonchev–Trinajstić information content (AvgIpc) is 3.11. The molecule has 0 radical (unpaired) electrons. The number of carbonyl (C=O) groups excluding carboxylic acids is 2. The summed E-state index contributed by atoms with van der Waals surface area (Å²) in [6.07, 6.45) is -2.38. The van der Waals surface area contributed by atoms with E-state index in [2.05, 4.69) is 5.32 Å². The van der Waals surface area contributed by atoms with Crippen molar-refractivity contribution in [2.75, 3.05) is 16.8 Å². The first-order valence-electron chi connectivity index (χ1n) is 9.64. The number of phenols is 1. The van der Waals surface area contributed by atoms with Crippen LogP contribution in [-0.4, -0.2) is 30.0 Å². The van der Waals surface area contributed by atoms with Crippen molar-refractivity contribution in [2.24, 2.45) is 0 Å². The summed E-state index contributed by atoms with van der Waals surface area (Å²) in [6, 6.07) is 15.9. The third kappa shape index (κ3) is 4.61. The van der Waals surface area contributed by atoms with Gasteiger partial charge >= 0.3 is 12.2 Å². The Hall–Kier alpha value is -4.14. The van der Waals surface area contributed by atoms with Crippen LogP contribution >= 0.6 is 0 Å². The smallest absolute Gasteiger partial charge is 0.415 e. The topological polar surface area (TPSA) is 88.1 Å². The zero-order chi connectivity index (χ0) is 22.7. The molecule has 3 aromatic carbocycles. The van der Waals surface area contributed by atoms with Crippen molar-refractivity contribution in [1.29, 1.82) is 0 Å². The maximum absolute atomic E-state index is 13.4. The number of rotatable bonds is 5. The molecule has 0 unspecified atom stereocenters. The summed E-state index contributed by atoms with van der Waals surface area (Å²) in [5.41, 5.74) is 1.35. The molecule has 1 heterocycles. The molecule has 0 aliphatic carbocycles. The van der Waals surface area contributed by atoms with Crippen LogP contribution in [0.4, 0.5) is 29.7 Å². The van der Waals surface area contributed by atoms with E-state index < -0.39 is 36.0 Å². The number of halogens is 2. The second-order valence-corrected chi connectivity index (χ2v) is 7.04. The SMILES string of the molecule is O=C(Nc1ccc(F)cc1)OC[C@H]1OC(=O)N(c2ccc(F)cc2)[C@@H]1c1ccc(O)cc1. The third-order valence-electron chi connectivity index (χ3n) is 4.89. The van der Waals surface area contributed by atoms with Gasteiger partial charge < -0.3 is 14.6 Å². The van der Waals surface area contributed by atoms with Gasteiger partial charge in [0.2, 0.25) is 0 Å². The summed E-state index contributed by atoms with van der Waals surface area (Å²) in [4.78, 5) is 26.1. The standard InChI is InChI=1S/C23H18F2N2O5/c24-15-3-7-17(8-4-15)26-22(29)31-13-20-21(14-1-11-19(28)12-2-14)27(23(30)32-20)18-9-5-16(25)6-10-18/h1-12,20-21,28H,13H2,(H,26,29)/t20-,21-/m1/s1. The summed E-state index contributed by atoms with van der Waals surface area (Å²) >= 11 is 0. The van der Waals surface area contributed by atoms with Gasteiger partial charge in [0.25, 0.3) is 0 Å². The van der Waals surface area contributed by atoms with E-state index in [0.29, 0.717) is 16.9 Å². The van der Waals surface area contributed by atoms with Gasteiger partial charge in [0.15, 0.2) is 6.10 Å². The molecule has 164 valence electrons. The van der Waals surface area contributed by atoms with Crippen LogP contribution in [-0.2, 0) is 9.47 Å².